The molecule has 0 spiro atoms. The highest BCUT2D eigenvalue weighted by Gasteiger charge is 2.25. The number of hydrogen-bond donors (Lipinski definition) is 1. The molecule has 1 heterocycles. The van der Waals surface area contributed by atoms with Crippen LogP contribution in [0.4, 0.5) is 28.9 Å². The first-order valence-electron chi connectivity index (χ1n) is 8.60. The van der Waals surface area contributed by atoms with Crippen LogP contribution >= 0.6 is 0 Å². The van der Waals surface area contributed by atoms with Gasteiger partial charge in [0.2, 0.25) is 11.6 Å². The molecule has 1 aliphatic heterocycles. The number of rotatable bonds is 5. The van der Waals surface area contributed by atoms with Crippen molar-refractivity contribution in [3.05, 3.63) is 53.6 Å². The van der Waals surface area contributed by atoms with Crippen molar-refractivity contribution in [1.82, 2.24) is 0 Å². The fraction of sp³-hybridized carbons (Fsp3) is 0.316. The number of hydrogen-bond acceptors (Lipinski definition) is 4. The van der Waals surface area contributed by atoms with Crippen LogP contribution in [0.1, 0.15) is 6.92 Å². The number of halogens is 4. The molecular formula is C19H18F4N2O3. The summed E-state index contributed by atoms with van der Waals surface area (Å²) in [5.74, 6) is -8.63. The van der Waals surface area contributed by atoms with Gasteiger partial charge in [-0.15, -0.1) is 0 Å². The van der Waals surface area contributed by atoms with Gasteiger partial charge < -0.3 is 19.7 Å². The third-order valence-electron chi connectivity index (χ3n) is 4.25. The van der Waals surface area contributed by atoms with E-state index < -0.39 is 41.0 Å². The Bertz CT molecular complexity index is 829. The van der Waals surface area contributed by atoms with Gasteiger partial charge in [-0.3, -0.25) is 4.79 Å². The van der Waals surface area contributed by atoms with Crippen LogP contribution in [0.2, 0.25) is 0 Å². The molecule has 1 aliphatic rings. The van der Waals surface area contributed by atoms with Gasteiger partial charge in [-0.25, -0.2) is 8.78 Å². The molecule has 150 valence electrons. The zero-order valence-corrected chi connectivity index (χ0v) is 15.0. The number of ether oxygens (including phenoxy) is 2. The van der Waals surface area contributed by atoms with Crippen LogP contribution in [0.5, 0.6) is 5.75 Å². The number of nitrogens with zero attached hydrogens (tertiary/aromatic N) is 1. The molecule has 1 saturated heterocycles. The second kappa shape index (κ2) is 8.47. The first kappa shape index (κ1) is 19.9. The molecule has 0 aliphatic carbocycles. The van der Waals surface area contributed by atoms with Gasteiger partial charge >= 0.3 is 0 Å². The van der Waals surface area contributed by atoms with Gasteiger partial charge in [-0.2, -0.15) is 8.78 Å². The molecule has 0 unspecified atom stereocenters. The zero-order valence-electron chi connectivity index (χ0n) is 15.0. The average Bonchev–Trinajstić information content (AvgIpc) is 2.70. The van der Waals surface area contributed by atoms with Crippen molar-refractivity contribution in [2.75, 3.05) is 36.5 Å². The predicted molar refractivity (Wildman–Crippen MR) is 94.5 cm³/mol. The number of anilines is 2. The molecule has 0 saturated carbocycles. The van der Waals surface area contributed by atoms with Gasteiger partial charge in [0.15, 0.2) is 23.5 Å². The molecule has 3 rings (SSSR count). The van der Waals surface area contributed by atoms with Crippen LogP contribution in [-0.2, 0) is 9.53 Å². The summed E-state index contributed by atoms with van der Waals surface area (Å²) in [5, 5.41) is 2.52. The van der Waals surface area contributed by atoms with Crippen LogP contribution in [0, 0.1) is 23.3 Å². The first-order chi connectivity index (χ1) is 13.4. The summed E-state index contributed by atoms with van der Waals surface area (Å²) < 4.78 is 63.9. The summed E-state index contributed by atoms with van der Waals surface area (Å²) in [4.78, 5) is 14.3. The Balaban J connectivity index is 1.65. The minimum atomic E-state index is -1.70. The average molecular weight is 398 g/mol. The maximum absolute atomic E-state index is 13.7. The van der Waals surface area contributed by atoms with Crippen LogP contribution in [0.25, 0.3) is 0 Å². The molecule has 0 radical (unpaired) electrons. The highest BCUT2D eigenvalue weighted by atomic mass is 19.2. The largest absolute Gasteiger partial charge is 0.475 e. The summed E-state index contributed by atoms with van der Waals surface area (Å²) in [7, 11) is 0. The third-order valence-corrected chi connectivity index (χ3v) is 4.25. The Hall–Kier alpha value is -2.81. The highest BCUT2D eigenvalue weighted by molar-refractivity contribution is 5.94. The number of benzene rings is 2. The Morgan fingerprint density at radius 3 is 2.21 bits per heavy atom. The molecule has 0 bridgehead atoms. The summed E-state index contributed by atoms with van der Waals surface area (Å²) in [6.45, 7) is 4.01. The van der Waals surface area contributed by atoms with Crippen molar-refractivity contribution >= 4 is 17.3 Å². The van der Waals surface area contributed by atoms with E-state index in [4.69, 9.17) is 9.47 Å². The molecule has 2 aromatic rings. The lowest BCUT2D eigenvalue weighted by atomic mass is 10.2. The van der Waals surface area contributed by atoms with E-state index in [9.17, 15) is 22.4 Å². The van der Waals surface area contributed by atoms with E-state index in [1.165, 1.54) is 6.92 Å². The quantitative estimate of drug-likeness (QED) is 0.619. The Morgan fingerprint density at radius 1 is 1.07 bits per heavy atom. The van der Waals surface area contributed by atoms with E-state index in [2.05, 4.69) is 10.2 Å². The summed E-state index contributed by atoms with van der Waals surface area (Å²) in [6, 6.07) is 7.02. The van der Waals surface area contributed by atoms with Crippen LogP contribution in [0.15, 0.2) is 30.3 Å². The molecule has 9 heteroatoms. The maximum atomic E-state index is 13.7. The van der Waals surface area contributed by atoms with Gasteiger partial charge in [-0.1, -0.05) is 0 Å². The summed E-state index contributed by atoms with van der Waals surface area (Å²) in [5.41, 5.74) is 1.40. The number of carbonyl (C=O) groups is 1. The van der Waals surface area contributed by atoms with Gasteiger partial charge in [-0.05, 0) is 31.2 Å². The second-order valence-electron chi connectivity index (χ2n) is 6.19. The van der Waals surface area contributed by atoms with Crippen LogP contribution < -0.4 is 15.0 Å². The molecule has 1 atom stereocenters. The second-order valence-corrected chi connectivity index (χ2v) is 6.19. The number of morpholine rings is 1. The van der Waals surface area contributed by atoms with E-state index in [0.29, 0.717) is 18.9 Å². The topological polar surface area (TPSA) is 50.8 Å². The van der Waals surface area contributed by atoms with Gasteiger partial charge in [0.1, 0.15) is 0 Å². The molecule has 0 aromatic heterocycles. The molecule has 1 amide bonds. The lowest BCUT2D eigenvalue weighted by Gasteiger charge is -2.29. The molecule has 28 heavy (non-hydrogen) atoms. The molecule has 1 fully saturated rings. The van der Waals surface area contributed by atoms with Crippen LogP contribution in [0.3, 0.4) is 0 Å². The molecule has 2 aromatic carbocycles. The highest BCUT2D eigenvalue weighted by Crippen LogP contribution is 2.27. The van der Waals surface area contributed by atoms with Crippen molar-refractivity contribution < 1.29 is 31.8 Å². The number of carbonyl (C=O) groups excluding carboxylic acids is 1. The first-order valence-corrected chi connectivity index (χ1v) is 8.60. The van der Waals surface area contributed by atoms with E-state index in [0.717, 1.165) is 18.8 Å². The van der Waals surface area contributed by atoms with Crippen molar-refractivity contribution in [2.24, 2.45) is 0 Å². The third kappa shape index (κ3) is 4.36. The Kier molecular flexibility index (Phi) is 6.03. The Labute approximate surface area is 158 Å². The molecule has 5 nitrogen and oxygen atoms in total. The van der Waals surface area contributed by atoms with Gasteiger partial charge in [0.25, 0.3) is 5.91 Å². The van der Waals surface area contributed by atoms with Crippen LogP contribution in [-0.4, -0.2) is 38.3 Å². The minimum Gasteiger partial charge on any atom is -0.475 e. The normalized spacial score (nSPS) is 15.2. The van der Waals surface area contributed by atoms with Gasteiger partial charge in [0.05, 0.1) is 13.2 Å². The number of amides is 1. The molecule has 1 N–H and O–H groups in total. The van der Waals surface area contributed by atoms with Crippen molar-refractivity contribution in [1.29, 1.82) is 0 Å². The fourth-order valence-corrected chi connectivity index (χ4v) is 2.71. The maximum Gasteiger partial charge on any atom is 0.265 e. The lowest BCUT2D eigenvalue weighted by molar-refractivity contribution is -0.122. The van der Waals surface area contributed by atoms with Crippen molar-refractivity contribution in [2.45, 2.75) is 13.0 Å². The van der Waals surface area contributed by atoms with E-state index >= 15 is 0 Å². The number of nitrogens with one attached hydrogen (secondary N) is 1. The smallest absolute Gasteiger partial charge is 0.265 e. The minimum absolute atomic E-state index is 0.0677. The summed E-state index contributed by atoms with van der Waals surface area (Å²) in [6.07, 6.45) is -1.40. The van der Waals surface area contributed by atoms with E-state index in [1.54, 1.807) is 12.1 Å². The SMILES string of the molecule is C[C@H](Oc1c(F)c(F)cc(F)c1F)C(=O)Nc1ccc(N2CCOCC2)cc1. The predicted octanol–water partition coefficient (Wildman–Crippen LogP) is 3.49. The standard InChI is InChI=1S/C19H18F4N2O3/c1-11(28-18-16(22)14(20)10-15(21)17(18)23)19(26)24-12-2-4-13(5-3-12)25-6-8-27-9-7-25/h2-5,10-11H,6-9H2,1H3,(H,24,26)/t11-/m0/s1. The van der Waals surface area contributed by atoms with Crippen molar-refractivity contribution in [3.8, 4) is 5.75 Å². The zero-order chi connectivity index (χ0) is 20.3. The fourth-order valence-electron chi connectivity index (χ4n) is 2.71. The van der Waals surface area contributed by atoms with Gasteiger partial charge in [0, 0.05) is 30.5 Å². The van der Waals surface area contributed by atoms with E-state index in [1.807, 2.05) is 12.1 Å². The van der Waals surface area contributed by atoms with Crippen molar-refractivity contribution in [3.63, 3.8) is 0 Å². The molecular weight excluding hydrogens is 380 g/mol. The summed E-state index contributed by atoms with van der Waals surface area (Å²) >= 11 is 0. The monoisotopic (exact) mass is 398 g/mol. The lowest BCUT2D eigenvalue weighted by Crippen LogP contribution is -2.36. The van der Waals surface area contributed by atoms with E-state index in [-0.39, 0.29) is 6.07 Å². The Morgan fingerprint density at radius 2 is 1.64 bits per heavy atom.